The summed E-state index contributed by atoms with van der Waals surface area (Å²) in [7, 11) is 0. The molecule has 2 nitrogen and oxygen atoms in total. The van der Waals surface area contributed by atoms with Crippen LogP contribution in [0.3, 0.4) is 0 Å². The van der Waals surface area contributed by atoms with E-state index >= 15 is 0 Å². The van der Waals surface area contributed by atoms with E-state index in [-0.39, 0.29) is 18.5 Å². The Morgan fingerprint density at radius 1 is 1.56 bits per heavy atom. The van der Waals surface area contributed by atoms with Crippen molar-refractivity contribution < 1.29 is 8.78 Å². The van der Waals surface area contributed by atoms with Gasteiger partial charge in [-0.2, -0.15) is 0 Å². The molecule has 1 aromatic rings. The highest BCUT2D eigenvalue weighted by molar-refractivity contribution is 5.07. The van der Waals surface area contributed by atoms with Gasteiger partial charge in [0.25, 0.3) is 11.5 Å². The van der Waals surface area contributed by atoms with Gasteiger partial charge in [-0.25, -0.2) is 8.78 Å². The zero-order valence-corrected chi connectivity index (χ0v) is 9.25. The van der Waals surface area contributed by atoms with Crippen LogP contribution in [0.2, 0.25) is 0 Å². The van der Waals surface area contributed by atoms with Gasteiger partial charge in [0, 0.05) is 30.6 Å². The van der Waals surface area contributed by atoms with Gasteiger partial charge in [0.1, 0.15) is 0 Å². The van der Waals surface area contributed by atoms with Crippen LogP contribution >= 0.6 is 0 Å². The van der Waals surface area contributed by atoms with Crippen LogP contribution in [-0.4, -0.2) is 10.5 Å². The van der Waals surface area contributed by atoms with Gasteiger partial charge >= 0.3 is 0 Å². The van der Waals surface area contributed by atoms with E-state index in [4.69, 9.17) is 0 Å². The van der Waals surface area contributed by atoms with E-state index in [1.807, 2.05) is 0 Å². The zero-order valence-electron chi connectivity index (χ0n) is 9.25. The Morgan fingerprint density at radius 3 is 2.94 bits per heavy atom. The molecule has 2 rings (SSSR count). The molecule has 0 bridgehead atoms. The fourth-order valence-electron chi connectivity index (χ4n) is 2.26. The standard InChI is InChI=1S/C12H15F2NO/c1-9-4-3-7-15(11(9)16)8-10-5-2-6-12(10,13)14/h3-4,7,10H,2,5-6,8H2,1H3. The maximum absolute atomic E-state index is 13.4. The summed E-state index contributed by atoms with van der Waals surface area (Å²) in [4.78, 5) is 11.7. The van der Waals surface area contributed by atoms with Crippen LogP contribution in [0.1, 0.15) is 24.8 Å². The van der Waals surface area contributed by atoms with Gasteiger partial charge in [0.05, 0.1) is 0 Å². The minimum Gasteiger partial charge on any atom is -0.315 e. The highest BCUT2D eigenvalue weighted by Gasteiger charge is 2.43. The molecule has 4 heteroatoms. The van der Waals surface area contributed by atoms with Crippen molar-refractivity contribution in [3.8, 4) is 0 Å². The molecule has 0 N–H and O–H groups in total. The molecule has 0 aliphatic heterocycles. The fraction of sp³-hybridized carbons (Fsp3) is 0.583. The first-order chi connectivity index (χ1) is 7.50. The number of halogens is 2. The van der Waals surface area contributed by atoms with E-state index in [9.17, 15) is 13.6 Å². The van der Waals surface area contributed by atoms with E-state index < -0.39 is 11.8 Å². The third kappa shape index (κ3) is 2.01. The average Bonchev–Trinajstić information content (AvgIpc) is 2.54. The molecule has 0 radical (unpaired) electrons. The molecule has 88 valence electrons. The molecule has 1 aliphatic carbocycles. The lowest BCUT2D eigenvalue weighted by Gasteiger charge is -2.19. The molecule has 0 amide bonds. The first-order valence-electron chi connectivity index (χ1n) is 5.54. The van der Waals surface area contributed by atoms with E-state index in [1.165, 1.54) is 4.57 Å². The minimum absolute atomic E-state index is 0.0434. The fourth-order valence-corrected chi connectivity index (χ4v) is 2.26. The Morgan fingerprint density at radius 2 is 2.31 bits per heavy atom. The molecule has 0 saturated heterocycles. The number of hydrogen-bond acceptors (Lipinski definition) is 1. The second kappa shape index (κ2) is 4.00. The van der Waals surface area contributed by atoms with Crippen LogP contribution < -0.4 is 5.56 Å². The van der Waals surface area contributed by atoms with Crippen LogP contribution in [0, 0.1) is 12.8 Å². The summed E-state index contributed by atoms with van der Waals surface area (Å²) in [5.74, 6) is -3.30. The second-order valence-electron chi connectivity index (χ2n) is 4.50. The van der Waals surface area contributed by atoms with Crippen LogP contribution in [0.5, 0.6) is 0 Å². The average molecular weight is 227 g/mol. The quantitative estimate of drug-likeness (QED) is 0.761. The highest BCUT2D eigenvalue weighted by atomic mass is 19.3. The van der Waals surface area contributed by atoms with E-state index in [1.54, 1.807) is 25.3 Å². The van der Waals surface area contributed by atoms with Crippen LogP contribution in [-0.2, 0) is 6.54 Å². The summed E-state index contributed by atoms with van der Waals surface area (Å²) in [6.07, 6.45) is 2.60. The molecule has 1 fully saturated rings. The zero-order chi connectivity index (χ0) is 11.8. The molecule has 1 atom stereocenters. The summed E-state index contributed by atoms with van der Waals surface area (Å²) in [5.41, 5.74) is 0.439. The monoisotopic (exact) mass is 227 g/mol. The van der Waals surface area contributed by atoms with Crippen molar-refractivity contribution >= 4 is 0 Å². The summed E-state index contributed by atoms with van der Waals surface area (Å²) in [5, 5.41) is 0. The Bertz CT molecular complexity index is 439. The maximum Gasteiger partial charge on any atom is 0.253 e. The molecule has 1 heterocycles. The van der Waals surface area contributed by atoms with Gasteiger partial charge < -0.3 is 4.57 Å². The van der Waals surface area contributed by atoms with E-state index in [0.717, 1.165) is 0 Å². The van der Waals surface area contributed by atoms with E-state index in [2.05, 4.69) is 0 Å². The number of hydrogen-bond donors (Lipinski definition) is 0. The summed E-state index contributed by atoms with van der Waals surface area (Å²) >= 11 is 0. The van der Waals surface area contributed by atoms with Gasteiger partial charge in [0.15, 0.2) is 0 Å². The smallest absolute Gasteiger partial charge is 0.253 e. The lowest BCUT2D eigenvalue weighted by atomic mass is 10.1. The molecule has 1 aliphatic rings. The first kappa shape index (κ1) is 11.3. The first-order valence-corrected chi connectivity index (χ1v) is 5.54. The molecule has 1 aromatic heterocycles. The van der Waals surface area contributed by atoms with Gasteiger partial charge in [-0.15, -0.1) is 0 Å². The normalized spacial score (nSPS) is 23.6. The molecule has 1 saturated carbocycles. The van der Waals surface area contributed by atoms with Crippen molar-refractivity contribution in [1.29, 1.82) is 0 Å². The van der Waals surface area contributed by atoms with Gasteiger partial charge in [-0.1, -0.05) is 6.07 Å². The molecule has 1 unspecified atom stereocenters. The summed E-state index contributed by atoms with van der Waals surface area (Å²) in [6, 6.07) is 3.43. The van der Waals surface area contributed by atoms with Gasteiger partial charge in [-0.3, -0.25) is 4.79 Å². The Labute approximate surface area is 92.9 Å². The topological polar surface area (TPSA) is 22.0 Å². The number of nitrogens with zero attached hydrogens (tertiary/aromatic N) is 1. The van der Waals surface area contributed by atoms with Crippen LogP contribution in [0.4, 0.5) is 8.78 Å². The predicted octanol–water partition coefficient (Wildman–Crippen LogP) is 2.59. The Kier molecular flexibility index (Phi) is 2.82. The Hall–Kier alpha value is -1.19. The third-order valence-corrected chi connectivity index (χ3v) is 3.29. The summed E-state index contributed by atoms with van der Waals surface area (Å²) in [6.45, 7) is 1.83. The molecular weight excluding hydrogens is 212 g/mol. The highest BCUT2D eigenvalue weighted by Crippen LogP contribution is 2.40. The number of aromatic nitrogens is 1. The number of aryl methyl sites for hydroxylation is 1. The van der Waals surface area contributed by atoms with Crippen molar-refractivity contribution in [3.63, 3.8) is 0 Å². The van der Waals surface area contributed by atoms with Crippen LogP contribution in [0.15, 0.2) is 23.1 Å². The van der Waals surface area contributed by atoms with Crippen LogP contribution in [0.25, 0.3) is 0 Å². The number of alkyl halides is 2. The number of rotatable bonds is 2. The van der Waals surface area contributed by atoms with Gasteiger partial charge in [0.2, 0.25) is 0 Å². The Balaban J connectivity index is 2.22. The third-order valence-electron chi connectivity index (χ3n) is 3.29. The van der Waals surface area contributed by atoms with Crippen molar-refractivity contribution in [1.82, 2.24) is 4.57 Å². The second-order valence-corrected chi connectivity index (χ2v) is 4.50. The minimum atomic E-state index is -2.61. The molecule has 16 heavy (non-hydrogen) atoms. The largest absolute Gasteiger partial charge is 0.315 e. The van der Waals surface area contributed by atoms with Gasteiger partial charge in [-0.05, 0) is 25.8 Å². The summed E-state index contributed by atoms with van der Waals surface area (Å²) < 4.78 is 28.2. The van der Waals surface area contributed by atoms with Crippen molar-refractivity contribution in [2.75, 3.05) is 0 Å². The lowest BCUT2D eigenvalue weighted by molar-refractivity contribution is -0.0425. The molecule has 0 aromatic carbocycles. The van der Waals surface area contributed by atoms with E-state index in [0.29, 0.717) is 18.4 Å². The lowest BCUT2D eigenvalue weighted by Crippen LogP contribution is -2.31. The molecule has 0 spiro atoms. The number of pyridine rings is 1. The predicted molar refractivity (Wildman–Crippen MR) is 57.7 cm³/mol. The molecular formula is C12H15F2NO. The van der Waals surface area contributed by atoms with Crippen molar-refractivity contribution in [2.24, 2.45) is 5.92 Å². The van der Waals surface area contributed by atoms with Crippen molar-refractivity contribution in [2.45, 2.75) is 38.7 Å². The SMILES string of the molecule is Cc1cccn(CC2CCCC2(F)F)c1=O. The van der Waals surface area contributed by atoms with Crippen molar-refractivity contribution in [3.05, 3.63) is 34.2 Å². The maximum atomic E-state index is 13.4.